The van der Waals surface area contributed by atoms with Crippen LogP contribution in [0.5, 0.6) is 0 Å². The predicted molar refractivity (Wildman–Crippen MR) is 131 cm³/mol. The highest BCUT2D eigenvalue weighted by atomic mass is 16.8. The molecular formula is C27H51NO5. The van der Waals surface area contributed by atoms with Crippen molar-refractivity contribution in [3.63, 3.8) is 0 Å². The zero-order valence-electron chi connectivity index (χ0n) is 21.7. The highest BCUT2D eigenvalue weighted by Crippen LogP contribution is 2.38. The Bertz CT molecular complexity index is 511. The smallest absolute Gasteiger partial charge is 0.190 e. The first-order valence-corrected chi connectivity index (χ1v) is 14.0. The van der Waals surface area contributed by atoms with E-state index in [4.69, 9.17) is 23.7 Å². The highest BCUT2D eigenvalue weighted by molar-refractivity contribution is 4.94. The number of piperidine rings is 1. The lowest BCUT2D eigenvalue weighted by Crippen LogP contribution is -2.40. The Balaban J connectivity index is 1.30. The molecule has 6 nitrogen and oxygen atoms in total. The normalized spacial score (nSPS) is 29.5. The fourth-order valence-electron chi connectivity index (χ4n) is 5.27. The summed E-state index contributed by atoms with van der Waals surface area (Å²) in [6, 6.07) is 0. The predicted octanol–water partition coefficient (Wildman–Crippen LogP) is 5.67. The quantitative estimate of drug-likeness (QED) is 0.256. The summed E-state index contributed by atoms with van der Waals surface area (Å²) in [6.07, 6.45) is 16.5. The second-order valence-electron chi connectivity index (χ2n) is 10.6. The summed E-state index contributed by atoms with van der Waals surface area (Å²) in [5.74, 6) is -0.617. The van der Waals surface area contributed by atoms with E-state index in [1.54, 1.807) is 0 Å². The van der Waals surface area contributed by atoms with E-state index in [2.05, 4.69) is 11.8 Å². The molecule has 4 atom stereocenters. The average Bonchev–Trinajstić information content (AvgIpc) is 3.27. The first kappa shape index (κ1) is 27.3. The van der Waals surface area contributed by atoms with Gasteiger partial charge in [-0.1, -0.05) is 71.1 Å². The number of hydrogen-bond acceptors (Lipinski definition) is 6. The summed E-state index contributed by atoms with van der Waals surface area (Å²) in [4.78, 5) is 2.50. The lowest BCUT2D eigenvalue weighted by Gasteiger charge is -2.27. The second kappa shape index (κ2) is 15.0. The van der Waals surface area contributed by atoms with Crippen LogP contribution < -0.4 is 0 Å². The van der Waals surface area contributed by atoms with Crippen LogP contribution in [-0.4, -0.2) is 74.7 Å². The number of unbranched alkanes of at least 4 members (excludes halogenated alkanes) is 9. The van der Waals surface area contributed by atoms with Crippen molar-refractivity contribution < 1.29 is 23.7 Å². The second-order valence-corrected chi connectivity index (χ2v) is 10.6. The van der Waals surface area contributed by atoms with Crippen LogP contribution in [-0.2, 0) is 23.7 Å². The molecule has 194 valence electrons. The lowest BCUT2D eigenvalue weighted by molar-refractivity contribution is -0.223. The van der Waals surface area contributed by atoms with Crippen molar-refractivity contribution in [2.75, 3.05) is 39.5 Å². The van der Waals surface area contributed by atoms with E-state index in [-0.39, 0.29) is 24.6 Å². The van der Waals surface area contributed by atoms with E-state index in [0.29, 0.717) is 6.61 Å². The Morgan fingerprint density at radius 1 is 0.818 bits per heavy atom. The summed E-state index contributed by atoms with van der Waals surface area (Å²) in [7, 11) is 0. The van der Waals surface area contributed by atoms with Crippen molar-refractivity contribution in [3.05, 3.63) is 0 Å². The van der Waals surface area contributed by atoms with Gasteiger partial charge in [0.25, 0.3) is 0 Å². The first-order valence-electron chi connectivity index (χ1n) is 14.0. The van der Waals surface area contributed by atoms with Gasteiger partial charge in [-0.2, -0.15) is 0 Å². The summed E-state index contributed by atoms with van der Waals surface area (Å²) >= 11 is 0. The van der Waals surface area contributed by atoms with E-state index in [9.17, 15) is 0 Å². The average molecular weight is 470 g/mol. The summed E-state index contributed by atoms with van der Waals surface area (Å²) in [5, 5.41) is 0. The molecule has 3 aliphatic heterocycles. The van der Waals surface area contributed by atoms with E-state index in [1.807, 2.05) is 13.8 Å². The van der Waals surface area contributed by atoms with Crippen LogP contribution in [0.1, 0.15) is 104 Å². The third-order valence-electron chi connectivity index (χ3n) is 7.18. The van der Waals surface area contributed by atoms with Crippen LogP contribution in [0.25, 0.3) is 0 Å². The van der Waals surface area contributed by atoms with Crippen molar-refractivity contribution in [2.45, 2.75) is 135 Å². The molecule has 0 spiro atoms. The van der Waals surface area contributed by atoms with E-state index < -0.39 is 5.79 Å². The van der Waals surface area contributed by atoms with Gasteiger partial charge in [0.05, 0.1) is 13.2 Å². The molecule has 0 aromatic carbocycles. The summed E-state index contributed by atoms with van der Waals surface area (Å²) in [5.41, 5.74) is 0. The maximum Gasteiger partial charge on any atom is 0.190 e. The van der Waals surface area contributed by atoms with Crippen LogP contribution in [0, 0.1) is 0 Å². The number of nitrogens with zero attached hydrogens (tertiary/aromatic N) is 1. The van der Waals surface area contributed by atoms with Gasteiger partial charge in [-0.25, -0.2) is 0 Å². The molecule has 0 radical (unpaired) electrons. The molecule has 3 rings (SSSR count). The van der Waals surface area contributed by atoms with Gasteiger partial charge >= 0.3 is 0 Å². The molecule has 3 heterocycles. The van der Waals surface area contributed by atoms with E-state index in [0.717, 1.165) is 26.2 Å². The number of hydrogen-bond donors (Lipinski definition) is 0. The fraction of sp³-hybridized carbons (Fsp3) is 1.00. The molecule has 0 bridgehead atoms. The molecule has 0 amide bonds. The Morgan fingerprint density at radius 3 is 2.18 bits per heavy atom. The van der Waals surface area contributed by atoms with Crippen molar-refractivity contribution >= 4 is 0 Å². The zero-order valence-corrected chi connectivity index (χ0v) is 21.7. The minimum absolute atomic E-state index is 0.120. The molecule has 3 fully saturated rings. The summed E-state index contributed by atoms with van der Waals surface area (Å²) < 4.78 is 30.6. The number of rotatable bonds is 17. The van der Waals surface area contributed by atoms with E-state index >= 15 is 0 Å². The van der Waals surface area contributed by atoms with Gasteiger partial charge in [0, 0.05) is 13.2 Å². The molecular weight excluding hydrogens is 418 g/mol. The molecule has 3 saturated heterocycles. The minimum atomic E-state index is -0.617. The molecule has 0 aromatic rings. The number of fused-ring (bicyclic) bond motifs is 1. The number of ether oxygens (including phenoxy) is 5. The zero-order chi connectivity index (χ0) is 23.4. The molecule has 33 heavy (non-hydrogen) atoms. The molecule has 0 aliphatic carbocycles. The SMILES string of the molecule is CCCCCCCCCCCCOC1C(COCCN2CCCCC2)OC2OC(C)(C)OC21. The van der Waals surface area contributed by atoms with Crippen molar-refractivity contribution in [3.8, 4) is 0 Å². The Labute approximate surface area is 203 Å². The summed E-state index contributed by atoms with van der Waals surface area (Å²) in [6.45, 7) is 11.6. The molecule has 4 unspecified atom stereocenters. The van der Waals surface area contributed by atoms with Gasteiger partial charge in [0.1, 0.15) is 18.3 Å². The highest BCUT2D eigenvalue weighted by Gasteiger charge is 2.55. The molecule has 6 heteroatoms. The van der Waals surface area contributed by atoms with Crippen molar-refractivity contribution in [2.24, 2.45) is 0 Å². The standard InChI is InChI=1S/C27H51NO5/c1-4-5-6-7-8-9-10-11-12-16-20-30-24-23(31-26-25(24)32-27(2,3)33-26)22-29-21-19-28-17-14-13-15-18-28/h23-26H,4-22H2,1-3H3. The lowest BCUT2D eigenvalue weighted by atomic mass is 10.1. The van der Waals surface area contributed by atoms with Crippen LogP contribution in [0.15, 0.2) is 0 Å². The van der Waals surface area contributed by atoms with E-state index in [1.165, 1.54) is 90.1 Å². The Morgan fingerprint density at radius 2 is 1.48 bits per heavy atom. The van der Waals surface area contributed by atoms with Gasteiger partial charge in [0.2, 0.25) is 0 Å². The Kier molecular flexibility index (Phi) is 12.4. The van der Waals surface area contributed by atoms with Gasteiger partial charge in [-0.3, -0.25) is 0 Å². The van der Waals surface area contributed by atoms with Gasteiger partial charge in [-0.05, 0) is 46.2 Å². The Hall–Kier alpha value is -0.240. The topological polar surface area (TPSA) is 49.4 Å². The number of likely N-dealkylation sites (tertiary alicyclic amines) is 1. The minimum Gasteiger partial charge on any atom is -0.377 e. The third-order valence-corrected chi connectivity index (χ3v) is 7.18. The third kappa shape index (κ3) is 9.73. The maximum absolute atomic E-state index is 6.32. The van der Waals surface area contributed by atoms with Crippen molar-refractivity contribution in [1.82, 2.24) is 4.90 Å². The maximum atomic E-state index is 6.32. The van der Waals surface area contributed by atoms with Crippen molar-refractivity contribution in [1.29, 1.82) is 0 Å². The molecule has 3 aliphatic rings. The largest absolute Gasteiger partial charge is 0.377 e. The van der Waals surface area contributed by atoms with Crippen LogP contribution in [0.3, 0.4) is 0 Å². The monoisotopic (exact) mass is 469 g/mol. The van der Waals surface area contributed by atoms with Gasteiger partial charge < -0.3 is 28.6 Å². The van der Waals surface area contributed by atoms with Crippen LogP contribution >= 0.6 is 0 Å². The first-order chi connectivity index (χ1) is 16.1. The molecule has 0 aromatic heterocycles. The van der Waals surface area contributed by atoms with Crippen LogP contribution in [0.2, 0.25) is 0 Å². The van der Waals surface area contributed by atoms with Gasteiger partial charge in [-0.15, -0.1) is 0 Å². The fourth-order valence-corrected chi connectivity index (χ4v) is 5.27. The van der Waals surface area contributed by atoms with Crippen LogP contribution in [0.4, 0.5) is 0 Å². The molecule has 0 N–H and O–H groups in total. The van der Waals surface area contributed by atoms with Gasteiger partial charge in [0.15, 0.2) is 12.1 Å². The molecule has 0 saturated carbocycles.